The zero-order valence-electron chi connectivity index (χ0n) is 15.1. The minimum Gasteiger partial charge on any atom is -0.315 e. The highest BCUT2D eigenvalue weighted by molar-refractivity contribution is 7.98. The lowest BCUT2D eigenvalue weighted by Gasteiger charge is -2.40. The molecule has 0 aromatic heterocycles. The van der Waals surface area contributed by atoms with Crippen molar-refractivity contribution in [2.75, 3.05) is 25.4 Å². The van der Waals surface area contributed by atoms with E-state index in [0.717, 1.165) is 25.4 Å². The largest absolute Gasteiger partial charge is 0.315 e. The molecule has 2 nitrogen and oxygen atoms in total. The molecule has 1 aromatic rings. The second-order valence-electron chi connectivity index (χ2n) is 6.91. The summed E-state index contributed by atoms with van der Waals surface area (Å²) in [5.41, 5.74) is 1.67. The monoisotopic (exact) mass is 322 g/mol. The van der Waals surface area contributed by atoms with E-state index in [9.17, 15) is 0 Å². The van der Waals surface area contributed by atoms with Gasteiger partial charge in [-0.3, -0.25) is 4.90 Å². The Balaban J connectivity index is 2.13. The van der Waals surface area contributed by atoms with Gasteiger partial charge in [-0.25, -0.2) is 0 Å². The lowest BCUT2D eigenvalue weighted by Crippen LogP contribution is -2.49. The van der Waals surface area contributed by atoms with Crippen molar-refractivity contribution in [2.24, 2.45) is 0 Å². The molecule has 0 heterocycles. The van der Waals surface area contributed by atoms with E-state index in [1.807, 2.05) is 11.8 Å². The van der Waals surface area contributed by atoms with E-state index < -0.39 is 0 Å². The molecule has 0 saturated heterocycles. The third-order valence-corrected chi connectivity index (χ3v) is 5.08. The minimum atomic E-state index is 0.249. The van der Waals surface area contributed by atoms with Gasteiger partial charge in [-0.2, -0.15) is 11.8 Å². The van der Waals surface area contributed by atoms with E-state index in [1.54, 1.807) is 0 Å². The van der Waals surface area contributed by atoms with Crippen LogP contribution in [0.4, 0.5) is 0 Å². The first-order valence-corrected chi connectivity index (χ1v) is 9.69. The Morgan fingerprint density at radius 3 is 2.41 bits per heavy atom. The van der Waals surface area contributed by atoms with Crippen molar-refractivity contribution in [1.29, 1.82) is 0 Å². The Labute approximate surface area is 142 Å². The number of nitrogens with zero attached hydrogens (tertiary/aromatic N) is 1. The summed E-state index contributed by atoms with van der Waals surface area (Å²) in [5.74, 6) is 2.29. The van der Waals surface area contributed by atoms with Crippen molar-refractivity contribution in [3.05, 3.63) is 35.9 Å². The van der Waals surface area contributed by atoms with Gasteiger partial charge in [0.15, 0.2) is 0 Å². The topological polar surface area (TPSA) is 15.3 Å². The van der Waals surface area contributed by atoms with Gasteiger partial charge >= 0.3 is 0 Å². The first-order valence-electron chi connectivity index (χ1n) is 8.54. The summed E-state index contributed by atoms with van der Waals surface area (Å²) in [6.07, 6.45) is 1.21. The van der Waals surface area contributed by atoms with E-state index in [2.05, 4.69) is 75.2 Å². The maximum atomic E-state index is 3.59. The Bertz CT molecular complexity index is 386. The second-order valence-corrected chi connectivity index (χ2v) is 8.01. The lowest BCUT2D eigenvalue weighted by molar-refractivity contribution is 0.0894. The van der Waals surface area contributed by atoms with E-state index in [0.29, 0.717) is 6.04 Å². The Morgan fingerprint density at radius 1 is 1.14 bits per heavy atom. The number of nitrogens with one attached hydrogen (secondary N) is 1. The highest BCUT2D eigenvalue weighted by Crippen LogP contribution is 2.18. The maximum Gasteiger partial charge on any atom is 0.0185 e. The molecular formula is C19H34N2S. The average Bonchev–Trinajstić information content (AvgIpc) is 2.49. The van der Waals surface area contributed by atoms with E-state index in [4.69, 9.17) is 0 Å². The zero-order chi connectivity index (χ0) is 16.4. The van der Waals surface area contributed by atoms with Crippen molar-refractivity contribution in [3.63, 3.8) is 0 Å². The van der Waals surface area contributed by atoms with Gasteiger partial charge in [0.2, 0.25) is 0 Å². The number of thioether (sulfide) groups is 1. The van der Waals surface area contributed by atoms with Gasteiger partial charge < -0.3 is 5.32 Å². The third-order valence-electron chi connectivity index (χ3n) is 4.05. The molecule has 0 aliphatic heterocycles. The molecule has 0 fully saturated rings. The van der Waals surface area contributed by atoms with Gasteiger partial charge in [0, 0.05) is 42.7 Å². The Kier molecular flexibility index (Phi) is 9.15. The van der Waals surface area contributed by atoms with Crippen LogP contribution in [0.1, 0.15) is 46.6 Å². The van der Waals surface area contributed by atoms with Gasteiger partial charge in [-0.05, 0) is 39.7 Å². The molecule has 3 heteroatoms. The Hall–Kier alpha value is -0.510. The molecule has 1 unspecified atom stereocenters. The van der Waals surface area contributed by atoms with Crippen LogP contribution in [0.5, 0.6) is 0 Å². The van der Waals surface area contributed by atoms with E-state index in [1.165, 1.54) is 17.7 Å². The number of rotatable bonds is 10. The molecule has 0 aliphatic rings. The zero-order valence-corrected chi connectivity index (χ0v) is 15.9. The van der Waals surface area contributed by atoms with Crippen LogP contribution >= 0.6 is 11.8 Å². The molecule has 1 atom stereocenters. The van der Waals surface area contributed by atoms with Crippen LogP contribution in [0.3, 0.4) is 0 Å². The van der Waals surface area contributed by atoms with Crippen molar-refractivity contribution >= 4 is 11.8 Å². The molecule has 1 aromatic carbocycles. The molecule has 0 aliphatic carbocycles. The second kappa shape index (κ2) is 10.3. The van der Waals surface area contributed by atoms with Crippen LogP contribution in [0.2, 0.25) is 0 Å². The van der Waals surface area contributed by atoms with E-state index >= 15 is 0 Å². The summed E-state index contributed by atoms with van der Waals surface area (Å²) in [6.45, 7) is 14.8. The predicted octanol–water partition coefficient (Wildman–Crippen LogP) is 4.41. The summed E-state index contributed by atoms with van der Waals surface area (Å²) in [6, 6.07) is 11.4. The predicted molar refractivity (Wildman–Crippen MR) is 102 cm³/mol. The summed E-state index contributed by atoms with van der Waals surface area (Å²) >= 11 is 2.01. The molecule has 22 heavy (non-hydrogen) atoms. The minimum absolute atomic E-state index is 0.249. The fourth-order valence-electron chi connectivity index (χ4n) is 2.67. The highest BCUT2D eigenvalue weighted by Gasteiger charge is 2.24. The van der Waals surface area contributed by atoms with Crippen LogP contribution in [0.25, 0.3) is 0 Å². The fraction of sp³-hybridized carbons (Fsp3) is 0.684. The average molecular weight is 323 g/mol. The smallest absolute Gasteiger partial charge is 0.0185 e. The number of hydrogen-bond acceptors (Lipinski definition) is 3. The normalized spacial score (nSPS) is 13.5. The molecule has 0 bridgehead atoms. The molecule has 1 rings (SSSR count). The van der Waals surface area contributed by atoms with Crippen molar-refractivity contribution < 1.29 is 0 Å². The summed E-state index contributed by atoms with van der Waals surface area (Å²) < 4.78 is 0. The third kappa shape index (κ3) is 7.66. The first kappa shape index (κ1) is 19.5. The van der Waals surface area contributed by atoms with Gasteiger partial charge in [0.25, 0.3) is 0 Å². The Morgan fingerprint density at radius 2 is 1.82 bits per heavy atom. The molecule has 0 saturated carbocycles. The lowest BCUT2D eigenvalue weighted by atomic mass is 10.0. The van der Waals surface area contributed by atoms with Crippen LogP contribution in [0.15, 0.2) is 30.3 Å². The van der Waals surface area contributed by atoms with Gasteiger partial charge in [-0.15, -0.1) is 0 Å². The quantitative estimate of drug-likeness (QED) is 0.642. The van der Waals surface area contributed by atoms with Gasteiger partial charge in [0.05, 0.1) is 0 Å². The van der Waals surface area contributed by atoms with Crippen LogP contribution in [-0.2, 0) is 5.75 Å². The van der Waals surface area contributed by atoms with E-state index in [-0.39, 0.29) is 5.54 Å². The molecule has 0 amide bonds. The first-order chi connectivity index (χ1) is 10.4. The maximum absolute atomic E-state index is 3.59. The van der Waals surface area contributed by atoms with Crippen LogP contribution in [-0.4, -0.2) is 41.9 Å². The molecule has 1 N–H and O–H groups in total. The van der Waals surface area contributed by atoms with Crippen LogP contribution < -0.4 is 5.32 Å². The van der Waals surface area contributed by atoms with Crippen molar-refractivity contribution in [1.82, 2.24) is 10.2 Å². The van der Waals surface area contributed by atoms with Crippen molar-refractivity contribution in [3.8, 4) is 0 Å². The fourth-order valence-corrected chi connectivity index (χ4v) is 3.53. The molecule has 0 spiro atoms. The van der Waals surface area contributed by atoms with Gasteiger partial charge in [0.1, 0.15) is 0 Å². The number of benzene rings is 1. The van der Waals surface area contributed by atoms with Gasteiger partial charge in [-0.1, -0.05) is 37.3 Å². The van der Waals surface area contributed by atoms with Crippen LogP contribution in [0, 0.1) is 0 Å². The summed E-state index contributed by atoms with van der Waals surface area (Å²) in [7, 11) is 0. The standard InChI is InChI=1S/C19H34N2S/c1-6-17(2)21(19(3,4)5)14-12-20-13-15-22-16-18-10-8-7-9-11-18/h7-11,17,20H,6,12-16H2,1-5H3. The molecule has 0 radical (unpaired) electrons. The SMILES string of the molecule is CCC(C)N(CCNCCSCc1ccccc1)C(C)(C)C. The van der Waals surface area contributed by atoms with Crippen molar-refractivity contribution in [2.45, 2.75) is 58.4 Å². The number of hydrogen-bond donors (Lipinski definition) is 1. The summed E-state index contributed by atoms with van der Waals surface area (Å²) in [5, 5.41) is 3.59. The molecule has 126 valence electrons. The highest BCUT2D eigenvalue weighted by atomic mass is 32.2. The summed E-state index contributed by atoms with van der Waals surface area (Å²) in [4.78, 5) is 2.61. The molecular weight excluding hydrogens is 288 g/mol.